The highest BCUT2D eigenvalue weighted by atomic mass is 32.1. The third-order valence-corrected chi connectivity index (χ3v) is 4.69. The zero-order valence-corrected chi connectivity index (χ0v) is 13.2. The molecule has 0 spiro atoms. The smallest absolute Gasteiger partial charge is 0.228 e. The highest BCUT2D eigenvalue weighted by molar-refractivity contribution is 7.15. The van der Waals surface area contributed by atoms with Gasteiger partial charge in [0.05, 0.1) is 12.5 Å². The van der Waals surface area contributed by atoms with Crippen LogP contribution in [0.2, 0.25) is 0 Å². The number of rotatable bonds is 5. The van der Waals surface area contributed by atoms with Crippen molar-refractivity contribution in [3.63, 3.8) is 0 Å². The summed E-state index contributed by atoms with van der Waals surface area (Å²) in [6.45, 7) is 1.97. The summed E-state index contributed by atoms with van der Waals surface area (Å²) in [7, 11) is 0. The van der Waals surface area contributed by atoms with Crippen molar-refractivity contribution in [1.29, 1.82) is 0 Å². The Morgan fingerprint density at radius 1 is 1.43 bits per heavy atom. The number of nitrogens with zero attached hydrogens (tertiary/aromatic N) is 2. The molecule has 1 amide bonds. The van der Waals surface area contributed by atoms with Gasteiger partial charge in [-0.2, -0.15) is 11.3 Å². The quantitative estimate of drug-likeness (QED) is 0.775. The number of amides is 1. The Hall–Kier alpha value is -1.92. The minimum absolute atomic E-state index is 0.0192. The lowest BCUT2D eigenvalue weighted by molar-refractivity contribution is -0.116. The van der Waals surface area contributed by atoms with Gasteiger partial charge in [-0.05, 0) is 41.4 Å². The number of aryl methyl sites for hydroxylation is 1. The zero-order valence-electron chi connectivity index (χ0n) is 11.5. The third kappa shape index (κ3) is 3.40. The molecule has 1 atom stereocenters. The van der Waals surface area contributed by atoms with Gasteiger partial charge in [0.25, 0.3) is 0 Å². The van der Waals surface area contributed by atoms with E-state index in [1.54, 1.807) is 17.5 Å². The van der Waals surface area contributed by atoms with Gasteiger partial charge in [-0.1, -0.05) is 0 Å². The predicted octanol–water partition coefficient (Wildman–Crippen LogP) is 3.93. The number of anilines is 1. The summed E-state index contributed by atoms with van der Waals surface area (Å²) in [5, 5.41) is 7.66. The summed E-state index contributed by atoms with van der Waals surface area (Å²) in [6, 6.07) is 6.03. The number of thiazole rings is 1. The van der Waals surface area contributed by atoms with E-state index in [1.807, 2.05) is 36.8 Å². The molecule has 0 aromatic carbocycles. The number of aromatic nitrogens is 2. The van der Waals surface area contributed by atoms with Crippen molar-refractivity contribution in [3.8, 4) is 0 Å². The predicted molar refractivity (Wildman–Crippen MR) is 87.0 cm³/mol. The minimum Gasteiger partial charge on any atom is -0.346 e. The van der Waals surface area contributed by atoms with Crippen molar-refractivity contribution in [2.45, 2.75) is 19.4 Å². The molecule has 6 heteroatoms. The molecule has 0 saturated carbocycles. The van der Waals surface area contributed by atoms with Crippen LogP contribution in [0.15, 0.2) is 47.5 Å². The van der Waals surface area contributed by atoms with Crippen LogP contribution < -0.4 is 5.32 Å². The maximum Gasteiger partial charge on any atom is 0.228 e. The fourth-order valence-corrected chi connectivity index (χ4v) is 3.56. The second-order valence-electron chi connectivity index (χ2n) is 4.73. The van der Waals surface area contributed by atoms with Crippen molar-refractivity contribution < 1.29 is 4.79 Å². The van der Waals surface area contributed by atoms with Crippen molar-refractivity contribution in [2.75, 3.05) is 5.32 Å². The summed E-state index contributed by atoms with van der Waals surface area (Å²) >= 11 is 3.13. The number of hydrogen-bond donors (Lipinski definition) is 1. The molecule has 3 aromatic rings. The van der Waals surface area contributed by atoms with E-state index in [0.29, 0.717) is 11.6 Å². The second kappa shape index (κ2) is 6.24. The van der Waals surface area contributed by atoms with Gasteiger partial charge < -0.3 is 9.88 Å². The fraction of sp³-hybridized carbons (Fsp3) is 0.200. The molecule has 1 N–H and O–H groups in total. The molecule has 0 fully saturated rings. The van der Waals surface area contributed by atoms with Crippen LogP contribution in [0.3, 0.4) is 0 Å². The number of hydrogen-bond acceptors (Lipinski definition) is 4. The van der Waals surface area contributed by atoms with Gasteiger partial charge in [0.1, 0.15) is 0 Å². The van der Waals surface area contributed by atoms with Crippen LogP contribution in [-0.4, -0.2) is 15.5 Å². The Labute approximate surface area is 131 Å². The molecular formula is C15H15N3OS2. The van der Waals surface area contributed by atoms with Gasteiger partial charge in [-0.3, -0.25) is 4.79 Å². The van der Waals surface area contributed by atoms with E-state index in [0.717, 1.165) is 10.4 Å². The van der Waals surface area contributed by atoms with Gasteiger partial charge in [0.2, 0.25) is 5.91 Å². The average molecular weight is 317 g/mol. The topological polar surface area (TPSA) is 46.9 Å². The SMILES string of the molecule is Cc1cnc(NC(=O)C[C@H](c2ccsc2)n2cccc2)s1. The van der Waals surface area contributed by atoms with E-state index in [9.17, 15) is 4.79 Å². The minimum atomic E-state index is -0.0192. The van der Waals surface area contributed by atoms with E-state index in [2.05, 4.69) is 26.3 Å². The van der Waals surface area contributed by atoms with Crippen LogP contribution in [0, 0.1) is 6.92 Å². The van der Waals surface area contributed by atoms with Crippen molar-refractivity contribution in [2.24, 2.45) is 0 Å². The molecule has 3 rings (SSSR count). The number of carbonyl (C=O) groups is 1. The maximum atomic E-state index is 12.3. The number of nitrogens with one attached hydrogen (secondary N) is 1. The van der Waals surface area contributed by atoms with Crippen LogP contribution in [0.4, 0.5) is 5.13 Å². The van der Waals surface area contributed by atoms with E-state index in [-0.39, 0.29) is 11.9 Å². The first-order chi connectivity index (χ1) is 10.2. The van der Waals surface area contributed by atoms with E-state index >= 15 is 0 Å². The first-order valence-electron chi connectivity index (χ1n) is 6.59. The molecule has 0 aliphatic heterocycles. The van der Waals surface area contributed by atoms with Crippen LogP contribution in [0.1, 0.15) is 22.9 Å². The van der Waals surface area contributed by atoms with Crippen molar-refractivity contribution in [1.82, 2.24) is 9.55 Å². The molecule has 0 saturated heterocycles. The second-order valence-corrected chi connectivity index (χ2v) is 6.75. The van der Waals surface area contributed by atoms with Crippen molar-refractivity contribution in [3.05, 3.63) is 58.0 Å². The summed E-state index contributed by atoms with van der Waals surface area (Å²) < 4.78 is 2.06. The molecule has 0 radical (unpaired) electrons. The first kappa shape index (κ1) is 14.0. The molecule has 21 heavy (non-hydrogen) atoms. The first-order valence-corrected chi connectivity index (χ1v) is 8.35. The highest BCUT2D eigenvalue weighted by Gasteiger charge is 2.18. The Morgan fingerprint density at radius 2 is 2.24 bits per heavy atom. The molecule has 0 bridgehead atoms. The molecular weight excluding hydrogens is 302 g/mol. The Morgan fingerprint density at radius 3 is 2.86 bits per heavy atom. The zero-order chi connectivity index (χ0) is 14.7. The summed E-state index contributed by atoms with van der Waals surface area (Å²) in [5.74, 6) is -0.0192. The molecule has 3 heterocycles. The van der Waals surface area contributed by atoms with E-state index < -0.39 is 0 Å². The van der Waals surface area contributed by atoms with Crippen LogP contribution in [0.5, 0.6) is 0 Å². The lowest BCUT2D eigenvalue weighted by atomic mass is 10.1. The largest absolute Gasteiger partial charge is 0.346 e. The Kier molecular flexibility index (Phi) is 4.17. The third-order valence-electron chi connectivity index (χ3n) is 3.16. The van der Waals surface area contributed by atoms with Crippen molar-refractivity contribution >= 4 is 33.7 Å². The summed E-state index contributed by atoms with van der Waals surface area (Å²) in [6.07, 6.45) is 6.14. The molecule has 4 nitrogen and oxygen atoms in total. The van der Waals surface area contributed by atoms with Crippen LogP contribution >= 0.6 is 22.7 Å². The summed E-state index contributed by atoms with van der Waals surface area (Å²) in [4.78, 5) is 17.5. The monoisotopic (exact) mass is 317 g/mol. The fourth-order valence-electron chi connectivity index (χ4n) is 2.17. The van der Waals surface area contributed by atoms with E-state index in [1.165, 1.54) is 11.3 Å². The van der Waals surface area contributed by atoms with Gasteiger partial charge in [0.15, 0.2) is 5.13 Å². The van der Waals surface area contributed by atoms with Crippen LogP contribution in [0.25, 0.3) is 0 Å². The lowest BCUT2D eigenvalue weighted by Gasteiger charge is -2.17. The van der Waals surface area contributed by atoms with Crippen LogP contribution in [-0.2, 0) is 4.79 Å². The summed E-state index contributed by atoms with van der Waals surface area (Å²) in [5.41, 5.74) is 1.15. The average Bonchev–Trinajstić information content (AvgIpc) is 3.19. The lowest BCUT2D eigenvalue weighted by Crippen LogP contribution is -2.19. The van der Waals surface area contributed by atoms with Gasteiger partial charge >= 0.3 is 0 Å². The normalized spacial score (nSPS) is 12.2. The van der Waals surface area contributed by atoms with Gasteiger partial charge in [-0.15, -0.1) is 11.3 Å². The number of carbonyl (C=O) groups excluding carboxylic acids is 1. The molecule has 3 aromatic heterocycles. The standard InChI is InChI=1S/C15H15N3OS2/c1-11-9-16-15(21-11)17-14(19)8-13(12-4-7-20-10-12)18-5-2-3-6-18/h2-7,9-10,13H,8H2,1H3,(H,16,17,19)/t13-/m1/s1. The molecule has 0 unspecified atom stereocenters. The molecule has 0 aliphatic carbocycles. The molecule has 108 valence electrons. The Balaban J connectivity index is 1.74. The van der Waals surface area contributed by atoms with Gasteiger partial charge in [0, 0.05) is 23.5 Å². The highest BCUT2D eigenvalue weighted by Crippen LogP contribution is 2.25. The molecule has 0 aliphatic rings. The van der Waals surface area contributed by atoms with Gasteiger partial charge in [-0.25, -0.2) is 4.98 Å². The Bertz CT molecular complexity index is 667. The number of thiophene rings is 1. The van der Waals surface area contributed by atoms with E-state index in [4.69, 9.17) is 0 Å². The maximum absolute atomic E-state index is 12.3.